The van der Waals surface area contributed by atoms with Crippen LogP contribution in [0.2, 0.25) is 0 Å². The van der Waals surface area contributed by atoms with E-state index in [4.69, 9.17) is 4.74 Å². The first-order valence-electron chi connectivity index (χ1n) is 11.7. The lowest BCUT2D eigenvalue weighted by molar-refractivity contribution is 0.102. The van der Waals surface area contributed by atoms with Crippen molar-refractivity contribution in [2.45, 2.75) is 26.2 Å². The lowest BCUT2D eigenvalue weighted by Crippen LogP contribution is -2.39. The summed E-state index contributed by atoms with van der Waals surface area (Å²) in [6, 6.07) is 18.7. The number of carbonyl (C=O) groups excluding carboxylic acids is 1. The summed E-state index contributed by atoms with van der Waals surface area (Å²) in [4.78, 5) is 28.0. The van der Waals surface area contributed by atoms with Crippen LogP contribution in [0, 0.1) is 18.3 Å². The molecule has 1 aliphatic rings. The fraction of sp³-hybridized carbons (Fsp3) is 0.321. The molecule has 0 unspecified atom stereocenters. The van der Waals surface area contributed by atoms with E-state index in [2.05, 4.69) is 16.3 Å². The summed E-state index contributed by atoms with van der Waals surface area (Å²) in [5.74, 6) is 0.581. The largest absolute Gasteiger partial charge is 0.378 e. The van der Waals surface area contributed by atoms with E-state index >= 15 is 0 Å². The maximum absolute atomic E-state index is 13.1. The van der Waals surface area contributed by atoms with Crippen LogP contribution in [-0.4, -0.2) is 36.8 Å². The average Bonchev–Trinajstić information content (AvgIpc) is 2.86. The molecule has 0 atom stereocenters. The first kappa shape index (κ1) is 24.2. The van der Waals surface area contributed by atoms with Crippen molar-refractivity contribution in [2.24, 2.45) is 7.05 Å². The van der Waals surface area contributed by atoms with Gasteiger partial charge in [0, 0.05) is 37.5 Å². The Bertz CT molecular complexity index is 1360. The Balaban J connectivity index is 1.66. The molecule has 0 spiro atoms. The van der Waals surface area contributed by atoms with Gasteiger partial charge in [-0.05, 0) is 73.4 Å². The highest BCUT2D eigenvalue weighted by Crippen LogP contribution is 2.28. The van der Waals surface area contributed by atoms with Crippen molar-refractivity contribution in [2.75, 3.05) is 36.5 Å². The minimum atomic E-state index is -0.657. The Morgan fingerprint density at radius 1 is 1.09 bits per heavy atom. The van der Waals surface area contributed by atoms with E-state index in [9.17, 15) is 14.9 Å². The Hall–Kier alpha value is -3.89. The van der Waals surface area contributed by atoms with Gasteiger partial charge in [-0.1, -0.05) is 18.2 Å². The molecule has 180 valence electrons. The summed E-state index contributed by atoms with van der Waals surface area (Å²) >= 11 is 0. The molecular formula is C28H30N4O3. The van der Waals surface area contributed by atoms with Crippen LogP contribution in [0.25, 0.3) is 11.1 Å². The number of amides is 1. The molecule has 2 aromatic carbocycles. The van der Waals surface area contributed by atoms with E-state index in [0.29, 0.717) is 24.5 Å². The molecule has 1 saturated heterocycles. The molecule has 1 fully saturated rings. The number of aromatic nitrogens is 1. The Morgan fingerprint density at radius 2 is 1.83 bits per heavy atom. The summed E-state index contributed by atoms with van der Waals surface area (Å²) in [6.07, 6.45) is 0. The van der Waals surface area contributed by atoms with Crippen LogP contribution in [0.3, 0.4) is 0 Å². The molecule has 7 nitrogen and oxygen atoms in total. The fourth-order valence-electron chi connectivity index (χ4n) is 4.20. The number of rotatable bonds is 5. The van der Waals surface area contributed by atoms with Gasteiger partial charge in [0.1, 0.15) is 5.82 Å². The molecule has 4 rings (SSSR count). The van der Waals surface area contributed by atoms with Gasteiger partial charge >= 0.3 is 0 Å². The van der Waals surface area contributed by atoms with Crippen molar-refractivity contribution in [1.29, 1.82) is 5.26 Å². The lowest BCUT2D eigenvalue weighted by Gasteiger charge is -2.30. The predicted octanol–water partition coefficient (Wildman–Crippen LogP) is 4.25. The van der Waals surface area contributed by atoms with Gasteiger partial charge in [-0.25, -0.2) is 0 Å². The summed E-state index contributed by atoms with van der Waals surface area (Å²) in [7, 11) is 1.77. The normalized spacial score (nSPS) is 13.9. The van der Waals surface area contributed by atoms with E-state index in [1.807, 2.05) is 57.2 Å². The SMILES string of the molecule is Cc1ccc(C(=O)Nc2cccc(C(C)(C)C#N)c2)cc1-c1cc(N2CCOCC2)n(C)c(=O)c1. The minimum Gasteiger partial charge on any atom is -0.378 e. The van der Waals surface area contributed by atoms with Gasteiger partial charge < -0.3 is 15.0 Å². The number of nitrogens with zero attached hydrogens (tertiary/aromatic N) is 3. The molecule has 1 N–H and O–H groups in total. The summed E-state index contributed by atoms with van der Waals surface area (Å²) in [6.45, 7) is 8.35. The van der Waals surface area contributed by atoms with Crippen molar-refractivity contribution in [3.05, 3.63) is 81.6 Å². The highest BCUT2D eigenvalue weighted by Gasteiger charge is 2.21. The second kappa shape index (κ2) is 9.77. The molecule has 0 aliphatic carbocycles. The highest BCUT2D eigenvalue weighted by molar-refractivity contribution is 6.05. The number of pyridine rings is 1. The molecule has 2 heterocycles. The van der Waals surface area contributed by atoms with Gasteiger partial charge in [0.15, 0.2) is 0 Å². The maximum atomic E-state index is 13.1. The van der Waals surface area contributed by atoms with Crippen molar-refractivity contribution < 1.29 is 9.53 Å². The van der Waals surface area contributed by atoms with Crippen LogP contribution in [-0.2, 0) is 17.2 Å². The van der Waals surface area contributed by atoms with Gasteiger partial charge in [-0.3, -0.25) is 14.2 Å². The molecule has 0 radical (unpaired) electrons. The van der Waals surface area contributed by atoms with Crippen molar-refractivity contribution in [3.63, 3.8) is 0 Å². The number of carbonyl (C=O) groups is 1. The number of nitrogens with one attached hydrogen (secondary N) is 1. The summed E-state index contributed by atoms with van der Waals surface area (Å²) in [5.41, 5.74) is 3.78. The number of hydrogen-bond acceptors (Lipinski definition) is 5. The van der Waals surface area contributed by atoms with Gasteiger partial charge in [-0.2, -0.15) is 5.26 Å². The molecule has 35 heavy (non-hydrogen) atoms. The number of nitriles is 1. The number of ether oxygens (including phenoxy) is 1. The van der Waals surface area contributed by atoms with Crippen LogP contribution >= 0.6 is 0 Å². The smallest absolute Gasteiger partial charge is 0.255 e. The van der Waals surface area contributed by atoms with Crippen molar-refractivity contribution >= 4 is 17.4 Å². The maximum Gasteiger partial charge on any atom is 0.255 e. The van der Waals surface area contributed by atoms with Gasteiger partial charge in [-0.15, -0.1) is 0 Å². The number of hydrogen-bond donors (Lipinski definition) is 1. The molecule has 1 amide bonds. The topological polar surface area (TPSA) is 87.4 Å². The monoisotopic (exact) mass is 470 g/mol. The zero-order chi connectivity index (χ0) is 25.2. The third-order valence-electron chi connectivity index (χ3n) is 6.51. The molecular weight excluding hydrogens is 440 g/mol. The quantitative estimate of drug-likeness (QED) is 0.602. The van der Waals surface area contributed by atoms with E-state index in [1.54, 1.807) is 29.8 Å². The standard InChI is InChI=1S/C28H30N4O3/c1-19-8-9-20(27(34)30-23-7-5-6-22(17-23)28(2,3)18-29)14-24(19)21-15-25(31(4)26(33)16-21)32-10-12-35-13-11-32/h5-9,14-17H,10-13H2,1-4H3,(H,30,34). The molecule has 1 aliphatic heterocycles. The zero-order valence-corrected chi connectivity index (χ0v) is 20.6. The lowest BCUT2D eigenvalue weighted by atomic mass is 9.86. The first-order valence-corrected chi connectivity index (χ1v) is 11.7. The molecule has 1 aromatic heterocycles. The van der Waals surface area contributed by atoms with Gasteiger partial charge in [0.25, 0.3) is 11.5 Å². The first-order chi connectivity index (χ1) is 16.7. The number of benzene rings is 2. The Kier molecular flexibility index (Phi) is 6.77. The highest BCUT2D eigenvalue weighted by atomic mass is 16.5. The second-order valence-electron chi connectivity index (χ2n) is 9.40. The van der Waals surface area contributed by atoms with E-state index in [1.165, 1.54) is 0 Å². The predicted molar refractivity (Wildman–Crippen MR) is 138 cm³/mol. The molecule has 0 bridgehead atoms. The summed E-state index contributed by atoms with van der Waals surface area (Å²) < 4.78 is 7.11. The number of aryl methyl sites for hydroxylation is 1. The molecule has 3 aromatic rings. The third kappa shape index (κ3) is 5.13. The second-order valence-corrected chi connectivity index (χ2v) is 9.40. The van der Waals surface area contributed by atoms with E-state index in [0.717, 1.165) is 41.2 Å². The van der Waals surface area contributed by atoms with Crippen LogP contribution in [0.4, 0.5) is 11.5 Å². The minimum absolute atomic E-state index is 0.102. The molecule has 7 heteroatoms. The average molecular weight is 471 g/mol. The van der Waals surface area contributed by atoms with Gasteiger partial charge in [0.05, 0.1) is 24.7 Å². The fourth-order valence-corrected chi connectivity index (χ4v) is 4.20. The number of anilines is 2. The van der Waals surface area contributed by atoms with E-state index < -0.39 is 5.41 Å². The molecule has 0 saturated carbocycles. The van der Waals surface area contributed by atoms with Crippen LogP contribution in [0.15, 0.2) is 59.4 Å². The third-order valence-corrected chi connectivity index (χ3v) is 6.51. The Labute approximate surface area is 205 Å². The Morgan fingerprint density at radius 3 is 2.54 bits per heavy atom. The number of morpholine rings is 1. The van der Waals surface area contributed by atoms with Gasteiger partial charge in [0.2, 0.25) is 0 Å². The van der Waals surface area contributed by atoms with Crippen molar-refractivity contribution in [3.8, 4) is 17.2 Å². The van der Waals surface area contributed by atoms with Crippen LogP contribution in [0.1, 0.15) is 35.3 Å². The van der Waals surface area contributed by atoms with Crippen molar-refractivity contribution in [1.82, 2.24) is 4.57 Å². The van der Waals surface area contributed by atoms with Crippen LogP contribution in [0.5, 0.6) is 0 Å². The summed E-state index contributed by atoms with van der Waals surface area (Å²) in [5, 5.41) is 12.4. The van der Waals surface area contributed by atoms with E-state index in [-0.39, 0.29) is 11.5 Å². The zero-order valence-electron chi connectivity index (χ0n) is 20.6. The van der Waals surface area contributed by atoms with Crippen LogP contribution < -0.4 is 15.8 Å².